The van der Waals surface area contributed by atoms with Crippen LogP contribution in [-0.2, 0) is 24.4 Å². The van der Waals surface area contributed by atoms with Crippen molar-refractivity contribution in [3.63, 3.8) is 0 Å². The minimum absolute atomic E-state index is 0.0124. The normalized spacial score (nSPS) is 31.2. The third-order valence-electron chi connectivity index (χ3n) is 12.5. The maximum Gasteiger partial charge on any atom is 0.408 e. The molecule has 4 amide bonds. The highest BCUT2D eigenvalue weighted by Gasteiger charge is 2.72. The van der Waals surface area contributed by atoms with E-state index in [4.69, 9.17) is 9.47 Å². The Bertz CT molecular complexity index is 2130. The lowest BCUT2D eigenvalue weighted by molar-refractivity contribution is -0.163. The molecule has 1 aromatic heterocycles. The zero-order valence-electron chi connectivity index (χ0n) is 33.7. The molecule has 0 radical (unpaired) electrons. The van der Waals surface area contributed by atoms with Gasteiger partial charge >= 0.3 is 12.0 Å². The third kappa shape index (κ3) is 7.44. The molecule has 3 heterocycles. The van der Waals surface area contributed by atoms with Crippen molar-refractivity contribution in [3.8, 4) is 11.6 Å². The van der Waals surface area contributed by atoms with Gasteiger partial charge in [0.15, 0.2) is 23.2 Å². The van der Waals surface area contributed by atoms with E-state index in [1.54, 1.807) is 32.9 Å². The molecule has 18 heteroatoms. The molecule has 0 unspecified atom stereocenters. The van der Waals surface area contributed by atoms with Crippen LogP contribution in [0.4, 0.5) is 18.0 Å². The van der Waals surface area contributed by atoms with Gasteiger partial charge in [0.2, 0.25) is 27.7 Å². The zero-order valence-corrected chi connectivity index (χ0v) is 34.5. The highest BCUT2D eigenvalue weighted by atomic mass is 32.2. The number of carbonyl (C=O) groups excluding carboxylic acids is 3. The fourth-order valence-electron chi connectivity index (χ4n) is 8.44. The molecule has 14 nitrogen and oxygen atoms in total. The molecule has 4 aliphatic rings. The summed E-state index contributed by atoms with van der Waals surface area (Å²) in [5.74, 6) is -10.9. The Morgan fingerprint density at radius 2 is 1.88 bits per heavy atom. The number of sulfonamides is 1. The Labute approximate surface area is 335 Å². The molecule has 7 atom stereocenters. The van der Waals surface area contributed by atoms with Crippen LogP contribution in [0.3, 0.4) is 0 Å². The van der Waals surface area contributed by atoms with Gasteiger partial charge in [-0.3, -0.25) is 24.0 Å². The number of nitrogens with zero attached hydrogens (tertiary/aromatic N) is 3. The van der Waals surface area contributed by atoms with Crippen molar-refractivity contribution in [1.29, 1.82) is 0 Å². The first-order chi connectivity index (χ1) is 27.1. The maximum absolute atomic E-state index is 17.5. The summed E-state index contributed by atoms with van der Waals surface area (Å²) in [5.41, 5.74) is -4.71. The fraction of sp³-hybridized carbons (Fsp3) is 0.625. The van der Waals surface area contributed by atoms with Gasteiger partial charge < -0.3 is 24.8 Å². The molecule has 2 aliphatic heterocycles. The molecular formula is C40H52F3N5O9S. The summed E-state index contributed by atoms with van der Waals surface area (Å²) < 4.78 is 88.4. The summed E-state index contributed by atoms with van der Waals surface area (Å²) in [7, 11) is -2.96. The summed E-state index contributed by atoms with van der Waals surface area (Å²) in [6.45, 7) is 8.30. The molecule has 3 N–H and O–H groups in total. The number of pyridine rings is 1. The van der Waals surface area contributed by atoms with Crippen LogP contribution in [-0.4, -0.2) is 106 Å². The molecule has 2 aliphatic carbocycles. The van der Waals surface area contributed by atoms with Crippen LogP contribution in [0.2, 0.25) is 0 Å². The Hall–Kier alpha value is -4.61. The molecule has 2 saturated carbocycles. The predicted octanol–water partition coefficient (Wildman–Crippen LogP) is 5.40. The van der Waals surface area contributed by atoms with E-state index in [0.717, 1.165) is 17.9 Å². The SMILES string of the molecule is CC[C@@H]1C[C@H](C)CC/C=C\[C@@H]2C[C@@]2(C(=O)NS(=O)(=O)C2(C)CC2)NC(=O)[C@@H]2N(C[C@@](C)(Oc3nccc4cc(OC)c(F)cc34)C2(F)F)C(=O)[C@H]1N(C(=O)O)C(C)C. The van der Waals surface area contributed by atoms with Crippen molar-refractivity contribution in [2.75, 3.05) is 13.7 Å². The number of ether oxygens (including phenoxy) is 2. The van der Waals surface area contributed by atoms with Crippen LogP contribution in [0, 0.1) is 23.6 Å². The lowest BCUT2D eigenvalue weighted by Gasteiger charge is -2.40. The second-order valence-electron chi connectivity index (χ2n) is 17.0. The number of rotatable bonds is 9. The van der Waals surface area contributed by atoms with E-state index in [2.05, 4.69) is 15.0 Å². The molecule has 1 aromatic carbocycles. The number of amides is 4. The zero-order chi connectivity index (χ0) is 42.7. The number of halogens is 3. The molecule has 0 bridgehead atoms. The molecule has 0 spiro atoms. The van der Waals surface area contributed by atoms with E-state index in [-0.39, 0.29) is 29.9 Å². The minimum Gasteiger partial charge on any atom is -0.494 e. The van der Waals surface area contributed by atoms with E-state index >= 15 is 13.6 Å². The first-order valence-electron chi connectivity index (χ1n) is 19.6. The third-order valence-corrected chi connectivity index (χ3v) is 14.6. The number of hydrogen-bond acceptors (Lipinski definition) is 9. The number of carbonyl (C=O) groups is 4. The quantitative estimate of drug-likeness (QED) is 0.277. The maximum atomic E-state index is 17.5. The second-order valence-corrected chi connectivity index (χ2v) is 19.2. The molecule has 58 heavy (non-hydrogen) atoms. The van der Waals surface area contributed by atoms with Gasteiger partial charge in [0, 0.05) is 23.5 Å². The number of aromatic nitrogens is 1. The molecule has 1 saturated heterocycles. The summed E-state index contributed by atoms with van der Waals surface area (Å²) in [6.07, 6.45) is 5.44. The first-order valence-corrected chi connectivity index (χ1v) is 21.1. The Balaban J connectivity index is 1.49. The number of nitrogens with one attached hydrogen (secondary N) is 2. The summed E-state index contributed by atoms with van der Waals surface area (Å²) >= 11 is 0. The van der Waals surface area contributed by atoms with E-state index in [9.17, 15) is 32.3 Å². The van der Waals surface area contributed by atoms with Crippen molar-refractivity contribution in [2.24, 2.45) is 17.8 Å². The molecule has 2 aromatic rings. The number of allylic oxidation sites excluding steroid dienone is 1. The smallest absolute Gasteiger partial charge is 0.408 e. The largest absolute Gasteiger partial charge is 0.494 e. The highest BCUT2D eigenvalue weighted by molar-refractivity contribution is 7.91. The van der Waals surface area contributed by atoms with Gasteiger partial charge in [-0.2, -0.15) is 8.78 Å². The molecule has 6 rings (SSSR count). The van der Waals surface area contributed by atoms with Gasteiger partial charge in [0.05, 0.1) is 18.4 Å². The van der Waals surface area contributed by atoms with E-state index < -0.39 is 104 Å². The van der Waals surface area contributed by atoms with Gasteiger partial charge in [-0.1, -0.05) is 32.4 Å². The molecule has 318 valence electrons. The van der Waals surface area contributed by atoms with Crippen LogP contribution < -0.4 is 19.5 Å². The number of methoxy groups -OCH3 is 1. The van der Waals surface area contributed by atoms with Gasteiger partial charge in [-0.25, -0.2) is 22.6 Å². The van der Waals surface area contributed by atoms with Gasteiger partial charge in [0.25, 0.3) is 5.91 Å². The van der Waals surface area contributed by atoms with Crippen molar-refractivity contribution < 1.29 is 55.3 Å². The number of carboxylic acid groups (broad SMARTS) is 1. The molecule has 3 fully saturated rings. The topological polar surface area (TPSA) is 185 Å². The predicted molar refractivity (Wildman–Crippen MR) is 206 cm³/mol. The molecular weight excluding hydrogens is 784 g/mol. The van der Waals surface area contributed by atoms with Crippen LogP contribution in [0.25, 0.3) is 10.8 Å². The average molecular weight is 836 g/mol. The Morgan fingerprint density at radius 1 is 1.19 bits per heavy atom. The summed E-state index contributed by atoms with van der Waals surface area (Å²) in [6, 6.07) is -1.19. The van der Waals surface area contributed by atoms with E-state index in [0.29, 0.717) is 42.4 Å². The summed E-state index contributed by atoms with van der Waals surface area (Å²) in [5, 5.41) is 13.3. The van der Waals surface area contributed by atoms with Crippen LogP contribution in [0.5, 0.6) is 11.6 Å². The lowest BCUT2D eigenvalue weighted by Crippen LogP contribution is -2.63. The number of hydrogen-bond donors (Lipinski definition) is 3. The van der Waals surface area contributed by atoms with Crippen LogP contribution in [0.15, 0.2) is 36.5 Å². The number of alkyl halides is 2. The average Bonchev–Trinajstić information content (AvgIpc) is 4.05. The highest BCUT2D eigenvalue weighted by Crippen LogP contribution is 2.50. The van der Waals surface area contributed by atoms with Crippen LogP contribution >= 0.6 is 0 Å². The van der Waals surface area contributed by atoms with Crippen molar-refractivity contribution in [3.05, 3.63) is 42.4 Å². The minimum atomic E-state index is -4.29. The van der Waals surface area contributed by atoms with Crippen molar-refractivity contribution in [1.82, 2.24) is 24.8 Å². The first kappa shape index (κ1) is 43.0. The lowest BCUT2D eigenvalue weighted by atomic mass is 9.83. The van der Waals surface area contributed by atoms with Gasteiger partial charge in [0.1, 0.15) is 11.6 Å². The summed E-state index contributed by atoms with van der Waals surface area (Å²) in [4.78, 5) is 62.2. The van der Waals surface area contributed by atoms with Gasteiger partial charge in [-0.15, -0.1) is 0 Å². The van der Waals surface area contributed by atoms with Crippen molar-refractivity contribution >= 4 is 44.6 Å². The Morgan fingerprint density at radius 3 is 2.48 bits per heavy atom. The van der Waals surface area contributed by atoms with Gasteiger partial charge in [-0.05, 0) is 102 Å². The fourth-order valence-corrected chi connectivity index (χ4v) is 9.75. The van der Waals surface area contributed by atoms with Crippen molar-refractivity contribution in [2.45, 2.75) is 126 Å². The number of benzene rings is 1. The monoisotopic (exact) mass is 835 g/mol. The second kappa shape index (κ2) is 15.2. The number of fused-ring (bicyclic) bond motifs is 3. The van der Waals surface area contributed by atoms with E-state index in [1.807, 2.05) is 6.92 Å². The standard InChI is InChI=1S/C40H52F3N5O9S/c1-8-24-17-23(4)11-9-10-12-26-20-39(26,35(51)46-58(54,55)37(5)14-15-37)45-32(49)31-40(42,43)38(6,21-47(31)34(50)30(24)48(22(2)3)36(52)53)57-33-27-19-28(41)29(56-7)18-25(27)13-16-44-33/h10,12-13,16,18-19,22-24,26,30-31H,8-9,11,14-15,17,20-21H2,1-7H3,(H,45,49)(H,46,51)(H,52,53)/b12-10-/t23-,24-,26-,30+,31+,38-,39-/m1/s1. The van der Waals surface area contributed by atoms with E-state index in [1.165, 1.54) is 32.4 Å². The Kier molecular flexibility index (Phi) is 11.3. The van der Waals surface area contributed by atoms with Crippen LogP contribution in [0.1, 0.15) is 86.5 Å².